The molecule has 5 rings (SSSR count). The van der Waals surface area contributed by atoms with Gasteiger partial charge in [-0.1, -0.05) is 64.1 Å². The molecular weight excluding hydrogens is 424 g/mol. The zero-order valence-electron chi connectivity index (χ0n) is 22.5. The molecule has 0 radical (unpaired) electrons. The third kappa shape index (κ3) is 3.82. The molecule has 0 saturated carbocycles. The molecule has 0 amide bonds. The lowest BCUT2D eigenvalue weighted by atomic mass is 9.70. The highest BCUT2D eigenvalue weighted by Gasteiger charge is 2.42. The Morgan fingerprint density at radius 1 is 1.11 bits per heavy atom. The number of nitrogens with two attached hydrogens (primary N) is 1. The summed E-state index contributed by atoms with van der Waals surface area (Å²) in [4.78, 5) is 0. The topological polar surface area (TPSA) is 38.0 Å². The quantitative estimate of drug-likeness (QED) is 0.469. The molecule has 0 fully saturated rings. The van der Waals surface area contributed by atoms with Crippen molar-refractivity contribution in [3.63, 3.8) is 0 Å². The van der Waals surface area contributed by atoms with Gasteiger partial charge < -0.3 is 11.1 Å². The van der Waals surface area contributed by atoms with E-state index in [-0.39, 0.29) is 11.5 Å². The summed E-state index contributed by atoms with van der Waals surface area (Å²) in [6.45, 7) is 13.8. The van der Waals surface area contributed by atoms with Crippen LogP contribution in [0.25, 0.3) is 11.1 Å². The summed E-state index contributed by atoms with van der Waals surface area (Å²) in [6.07, 6.45) is 14.6. The minimum atomic E-state index is 0.0183. The molecule has 35 heavy (non-hydrogen) atoms. The van der Waals surface area contributed by atoms with Crippen LogP contribution in [0.15, 0.2) is 81.8 Å². The van der Waals surface area contributed by atoms with E-state index in [0.717, 1.165) is 12.8 Å². The Balaban J connectivity index is 1.66. The first-order chi connectivity index (χ1) is 16.8. The first kappa shape index (κ1) is 24.1. The van der Waals surface area contributed by atoms with Crippen LogP contribution < -0.4 is 11.1 Å². The van der Waals surface area contributed by atoms with E-state index in [1.807, 2.05) is 0 Å². The minimum Gasteiger partial charge on any atom is -0.362 e. The summed E-state index contributed by atoms with van der Waals surface area (Å²) in [5, 5.41) is 3.97. The van der Waals surface area contributed by atoms with Crippen LogP contribution >= 0.6 is 0 Å². The Bertz CT molecular complexity index is 1240. The van der Waals surface area contributed by atoms with E-state index in [2.05, 4.69) is 89.4 Å². The monoisotopic (exact) mass is 466 g/mol. The van der Waals surface area contributed by atoms with Crippen LogP contribution in [-0.4, -0.2) is 6.04 Å². The van der Waals surface area contributed by atoms with Gasteiger partial charge in [-0.2, -0.15) is 0 Å². The molecule has 0 aromatic heterocycles. The molecule has 2 unspecified atom stereocenters. The fourth-order valence-electron chi connectivity index (χ4n) is 6.77. The first-order valence-electron chi connectivity index (χ1n) is 13.7. The maximum atomic E-state index is 6.47. The fourth-order valence-corrected chi connectivity index (χ4v) is 6.77. The van der Waals surface area contributed by atoms with Gasteiger partial charge in [-0.25, -0.2) is 0 Å². The molecule has 3 aliphatic carbocycles. The van der Waals surface area contributed by atoms with Crippen LogP contribution in [0.2, 0.25) is 0 Å². The summed E-state index contributed by atoms with van der Waals surface area (Å²) in [7, 11) is 0. The van der Waals surface area contributed by atoms with Crippen LogP contribution in [0, 0.1) is 11.3 Å². The Kier molecular flexibility index (Phi) is 6.30. The number of rotatable bonds is 4. The average Bonchev–Trinajstić information content (AvgIpc) is 3.35. The van der Waals surface area contributed by atoms with Crippen molar-refractivity contribution >= 4 is 11.1 Å². The second-order valence-corrected chi connectivity index (χ2v) is 11.3. The van der Waals surface area contributed by atoms with E-state index in [9.17, 15) is 0 Å². The molecule has 1 aliphatic heterocycles. The Morgan fingerprint density at radius 3 is 2.51 bits per heavy atom. The zero-order chi connectivity index (χ0) is 24.9. The van der Waals surface area contributed by atoms with Gasteiger partial charge >= 0.3 is 0 Å². The first-order valence-corrected chi connectivity index (χ1v) is 13.7. The Hall–Kier alpha value is -2.58. The van der Waals surface area contributed by atoms with Crippen LogP contribution in [0.3, 0.4) is 0 Å². The summed E-state index contributed by atoms with van der Waals surface area (Å²) in [6, 6.07) is 8.89. The number of hydrogen-bond acceptors (Lipinski definition) is 2. The van der Waals surface area contributed by atoms with Crippen molar-refractivity contribution in [2.45, 2.75) is 86.1 Å². The van der Waals surface area contributed by atoms with Crippen molar-refractivity contribution in [1.82, 2.24) is 5.32 Å². The van der Waals surface area contributed by atoms with Gasteiger partial charge in [0.2, 0.25) is 0 Å². The number of nitrogens with one attached hydrogen (secondary N) is 1. The van der Waals surface area contributed by atoms with E-state index in [1.165, 1.54) is 81.6 Å². The number of hydrogen-bond donors (Lipinski definition) is 2. The molecule has 184 valence electrons. The number of dihydropyridines is 1. The van der Waals surface area contributed by atoms with E-state index in [1.54, 1.807) is 5.57 Å². The lowest BCUT2D eigenvalue weighted by Crippen LogP contribution is -2.34. The van der Waals surface area contributed by atoms with E-state index in [4.69, 9.17) is 5.73 Å². The van der Waals surface area contributed by atoms with Gasteiger partial charge in [0, 0.05) is 28.8 Å². The van der Waals surface area contributed by atoms with Crippen molar-refractivity contribution in [2.24, 2.45) is 17.1 Å². The van der Waals surface area contributed by atoms with E-state index < -0.39 is 0 Å². The molecule has 4 aliphatic rings. The second-order valence-electron chi connectivity index (χ2n) is 11.3. The third-order valence-electron chi connectivity index (χ3n) is 8.78. The predicted octanol–water partition coefficient (Wildman–Crippen LogP) is 8.22. The molecule has 1 aromatic carbocycles. The molecule has 0 saturated heterocycles. The zero-order valence-corrected chi connectivity index (χ0v) is 22.5. The maximum absolute atomic E-state index is 6.47. The number of allylic oxidation sites excluding steroid dienone is 10. The second kappa shape index (κ2) is 9.13. The van der Waals surface area contributed by atoms with Crippen molar-refractivity contribution in [3.8, 4) is 0 Å². The van der Waals surface area contributed by atoms with Gasteiger partial charge in [-0.05, 0) is 109 Å². The molecule has 0 bridgehead atoms. The molecule has 3 N–H and O–H groups in total. The highest BCUT2D eigenvalue weighted by atomic mass is 14.9. The molecule has 2 nitrogen and oxygen atoms in total. The average molecular weight is 467 g/mol. The third-order valence-corrected chi connectivity index (χ3v) is 8.78. The van der Waals surface area contributed by atoms with Crippen LogP contribution in [0.1, 0.15) is 91.2 Å². The Labute approximate surface area is 212 Å². The van der Waals surface area contributed by atoms with Crippen molar-refractivity contribution < 1.29 is 0 Å². The van der Waals surface area contributed by atoms with Crippen molar-refractivity contribution in [1.29, 1.82) is 0 Å². The highest BCUT2D eigenvalue weighted by molar-refractivity contribution is 6.09. The van der Waals surface area contributed by atoms with E-state index >= 15 is 0 Å². The van der Waals surface area contributed by atoms with Crippen LogP contribution in [0.4, 0.5) is 0 Å². The van der Waals surface area contributed by atoms with Crippen LogP contribution in [-0.2, 0) is 0 Å². The minimum absolute atomic E-state index is 0.0183. The van der Waals surface area contributed by atoms with Gasteiger partial charge in [0.25, 0.3) is 0 Å². The summed E-state index contributed by atoms with van der Waals surface area (Å²) >= 11 is 0. The molecule has 2 atom stereocenters. The van der Waals surface area contributed by atoms with Gasteiger partial charge in [-0.3, -0.25) is 0 Å². The van der Waals surface area contributed by atoms with Gasteiger partial charge in [-0.15, -0.1) is 0 Å². The van der Waals surface area contributed by atoms with Crippen molar-refractivity contribution in [2.75, 3.05) is 0 Å². The van der Waals surface area contributed by atoms with Crippen molar-refractivity contribution in [3.05, 3.63) is 92.9 Å². The SMILES string of the molecule is CCC=C1C(=C\C2=CC3=C(NC4=C(CCCC4)C3(C)C)C2CC)/C(=C(\C)C(C)N)c2ccccc21. The molecule has 2 heteroatoms. The normalized spacial score (nSPS) is 27.5. The summed E-state index contributed by atoms with van der Waals surface area (Å²) in [5.41, 5.74) is 22.1. The lowest BCUT2D eigenvalue weighted by Gasteiger charge is -2.40. The highest BCUT2D eigenvalue weighted by Crippen LogP contribution is 2.53. The Morgan fingerprint density at radius 2 is 1.83 bits per heavy atom. The fraction of sp³-hybridized carbons (Fsp3) is 0.455. The molecule has 0 spiro atoms. The lowest BCUT2D eigenvalue weighted by molar-refractivity contribution is 0.443. The predicted molar refractivity (Wildman–Crippen MR) is 150 cm³/mol. The summed E-state index contributed by atoms with van der Waals surface area (Å²) in [5.74, 6) is 0.413. The maximum Gasteiger partial charge on any atom is 0.0266 e. The standard InChI is InChI=1S/C33H42N2/c1-7-13-24-25-14-9-10-15-26(25)31(20(3)21(4)34)27(24)18-22-19-29-32(23(22)8-2)35-30-17-12-11-16-28(30)33(29,5)6/h9-10,13-15,18-19,21,23,35H,7-8,11-12,16-17,34H2,1-6H3/b24-13?,27-18+,31-20+. The molecule has 1 aromatic rings. The van der Waals surface area contributed by atoms with Crippen LogP contribution in [0.5, 0.6) is 0 Å². The van der Waals surface area contributed by atoms with E-state index in [0.29, 0.717) is 5.92 Å². The summed E-state index contributed by atoms with van der Waals surface area (Å²) < 4.78 is 0. The number of fused-ring (bicyclic) bond motifs is 1. The van der Waals surface area contributed by atoms with Gasteiger partial charge in [0.05, 0.1) is 0 Å². The molecular formula is C33H42N2. The molecule has 1 heterocycles. The van der Waals surface area contributed by atoms with Gasteiger partial charge in [0.15, 0.2) is 0 Å². The smallest absolute Gasteiger partial charge is 0.0266 e. The van der Waals surface area contributed by atoms with Gasteiger partial charge in [0.1, 0.15) is 0 Å². The largest absolute Gasteiger partial charge is 0.362 e. The number of benzene rings is 1.